The predicted octanol–water partition coefficient (Wildman–Crippen LogP) is 3.02. The van der Waals surface area contributed by atoms with Crippen LogP contribution in [0.5, 0.6) is 0 Å². The third kappa shape index (κ3) is 14.4. The molecule has 0 aliphatic carbocycles. The Morgan fingerprint density at radius 3 is 2.13 bits per heavy atom. The lowest BCUT2D eigenvalue weighted by molar-refractivity contribution is -0.137. The maximum absolute atomic E-state index is 10.4. The SMILES string of the molecule is CCCCCCCC[C@@H](O)C=C[C@H](O)[C@H](O)CCCCC(=O)O. The highest BCUT2D eigenvalue weighted by atomic mass is 16.4. The van der Waals surface area contributed by atoms with E-state index in [1.165, 1.54) is 37.8 Å². The first-order chi connectivity index (χ1) is 11.0. The van der Waals surface area contributed by atoms with Crippen LogP contribution in [0, 0.1) is 0 Å². The van der Waals surface area contributed by atoms with Crippen molar-refractivity contribution in [3.05, 3.63) is 12.2 Å². The van der Waals surface area contributed by atoms with Gasteiger partial charge in [-0.1, -0.05) is 64.0 Å². The van der Waals surface area contributed by atoms with Gasteiger partial charge in [0, 0.05) is 6.42 Å². The third-order valence-corrected chi connectivity index (χ3v) is 3.92. The topological polar surface area (TPSA) is 98.0 Å². The van der Waals surface area contributed by atoms with Crippen molar-refractivity contribution in [2.24, 2.45) is 0 Å². The van der Waals surface area contributed by atoms with Crippen molar-refractivity contribution in [1.82, 2.24) is 0 Å². The molecule has 0 fully saturated rings. The molecule has 0 rings (SSSR count). The first-order valence-corrected chi connectivity index (χ1v) is 8.91. The van der Waals surface area contributed by atoms with Gasteiger partial charge in [-0.15, -0.1) is 0 Å². The molecule has 23 heavy (non-hydrogen) atoms. The van der Waals surface area contributed by atoms with Crippen molar-refractivity contribution in [2.45, 2.75) is 95.9 Å². The van der Waals surface area contributed by atoms with E-state index in [2.05, 4.69) is 6.92 Å². The first-order valence-electron chi connectivity index (χ1n) is 8.91. The molecule has 136 valence electrons. The first kappa shape index (κ1) is 22.1. The van der Waals surface area contributed by atoms with E-state index >= 15 is 0 Å². The Hall–Kier alpha value is -0.910. The molecule has 5 nitrogen and oxygen atoms in total. The number of unbranched alkanes of at least 4 members (excludes halogenated alkanes) is 6. The molecule has 0 aliphatic heterocycles. The Balaban J connectivity index is 3.74. The molecule has 4 N–H and O–H groups in total. The Bertz CT molecular complexity index is 317. The van der Waals surface area contributed by atoms with Gasteiger partial charge in [-0.25, -0.2) is 0 Å². The van der Waals surface area contributed by atoms with Gasteiger partial charge in [0.1, 0.15) is 0 Å². The van der Waals surface area contributed by atoms with Crippen LogP contribution in [0.3, 0.4) is 0 Å². The molecule has 0 aromatic heterocycles. The van der Waals surface area contributed by atoms with Crippen LogP contribution in [0.1, 0.15) is 77.6 Å². The van der Waals surface area contributed by atoms with E-state index in [9.17, 15) is 20.1 Å². The minimum atomic E-state index is -1.01. The standard InChI is InChI=1S/C18H34O5/c1-2-3-4-5-6-7-10-15(19)13-14-17(21)16(20)11-8-9-12-18(22)23/h13-17,19-21H,2-12H2,1H3,(H,22,23)/t15-,16-,17+/m1/s1. The van der Waals surface area contributed by atoms with Crippen LogP contribution in [0.2, 0.25) is 0 Å². The van der Waals surface area contributed by atoms with Gasteiger partial charge in [0.05, 0.1) is 18.3 Å². The Labute approximate surface area is 140 Å². The number of carbonyl (C=O) groups is 1. The van der Waals surface area contributed by atoms with Crippen LogP contribution in [0.25, 0.3) is 0 Å². The predicted molar refractivity (Wildman–Crippen MR) is 91.3 cm³/mol. The summed E-state index contributed by atoms with van der Waals surface area (Å²) >= 11 is 0. The molecule has 3 atom stereocenters. The van der Waals surface area contributed by atoms with Gasteiger partial charge >= 0.3 is 5.97 Å². The summed E-state index contributed by atoms with van der Waals surface area (Å²) in [5, 5.41) is 37.9. The molecule has 0 heterocycles. The van der Waals surface area contributed by atoms with E-state index < -0.39 is 24.3 Å². The molecular weight excluding hydrogens is 296 g/mol. The molecule has 0 aliphatic rings. The second kappa shape index (κ2) is 14.7. The Morgan fingerprint density at radius 2 is 1.48 bits per heavy atom. The molecule has 0 amide bonds. The molecule has 5 heteroatoms. The molecule has 0 unspecified atom stereocenters. The fourth-order valence-electron chi connectivity index (χ4n) is 2.40. The van der Waals surface area contributed by atoms with Gasteiger partial charge < -0.3 is 20.4 Å². The molecular formula is C18H34O5. The Morgan fingerprint density at radius 1 is 0.870 bits per heavy atom. The fraction of sp³-hybridized carbons (Fsp3) is 0.833. The average molecular weight is 330 g/mol. The third-order valence-electron chi connectivity index (χ3n) is 3.92. The van der Waals surface area contributed by atoms with Crippen molar-refractivity contribution in [2.75, 3.05) is 0 Å². The summed E-state index contributed by atoms with van der Waals surface area (Å²) in [5.74, 6) is -0.849. The molecule has 0 saturated carbocycles. The lowest BCUT2D eigenvalue weighted by Gasteiger charge is -2.14. The van der Waals surface area contributed by atoms with E-state index in [-0.39, 0.29) is 6.42 Å². The molecule has 0 bridgehead atoms. The number of aliphatic hydroxyl groups excluding tert-OH is 3. The van der Waals surface area contributed by atoms with Crippen LogP contribution < -0.4 is 0 Å². The number of aliphatic hydroxyl groups is 3. The summed E-state index contributed by atoms with van der Waals surface area (Å²) < 4.78 is 0. The maximum atomic E-state index is 10.4. The van der Waals surface area contributed by atoms with Crippen LogP contribution in [0.15, 0.2) is 12.2 Å². The second-order valence-electron chi connectivity index (χ2n) is 6.21. The lowest BCUT2D eigenvalue weighted by atomic mass is 10.0. The van der Waals surface area contributed by atoms with Crippen molar-refractivity contribution >= 4 is 5.97 Å². The number of aliphatic carboxylic acids is 1. The largest absolute Gasteiger partial charge is 0.481 e. The second-order valence-corrected chi connectivity index (χ2v) is 6.21. The van der Waals surface area contributed by atoms with Crippen LogP contribution in [0.4, 0.5) is 0 Å². The van der Waals surface area contributed by atoms with Crippen LogP contribution >= 0.6 is 0 Å². The van der Waals surface area contributed by atoms with E-state index in [4.69, 9.17) is 5.11 Å². The van der Waals surface area contributed by atoms with Gasteiger partial charge in [-0.05, 0) is 19.3 Å². The highest BCUT2D eigenvalue weighted by molar-refractivity contribution is 5.66. The molecule has 0 radical (unpaired) electrons. The van der Waals surface area contributed by atoms with E-state index in [1.54, 1.807) is 0 Å². The maximum Gasteiger partial charge on any atom is 0.303 e. The lowest BCUT2D eigenvalue weighted by Crippen LogP contribution is -2.24. The summed E-state index contributed by atoms with van der Waals surface area (Å²) in [5.41, 5.74) is 0. The molecule has 0 saturated heterocycles. The van der Waals surface area contributed by atoms with E-state index in [1.807, 2.05) is 0 Å². The van der Waals surface area contributed by atoms with Crippen molar-refractivity contribution in [1.29, 1.82) is 0 Å². The van der Waals surface area contributed by atoms with Gasteiger partial charge in [-0.2, -0.15) is 0 Å². The summed E-state index contributed by atoms with van der Waals surface area (Å²) in [4.78, 5) is 10.4. The highest BCUT2D eigenvalue weighted by Gasteiger charge is 2.13. The normalized spacial score (nSPS) is 15.7. The number of carboxylic acids is 1. The van der Waals surface area contributed by atoms with Crippen molar-refractivity contribution in [3.63, 3.8) is 0 Å². The summed E-state index contributed by atoms with van der Waals surface area (Å²) in [7, 11) is 0. The highest BCUT2D eigenvalue weighted by Crippen LogP contribution is 2.11. The minimum absolute atomic E-state index is 0.0790. The number of hydrogen-bond acceptors (Lipinski definition) is 4. The summed E-state index contributed by atoms with van der Waals surface area (Å²) in [6, 6.07) is 0. The molecule has 0 aromatic rings. The van der Waals surface area contributed by atoms with Crippen LogP contribution in [-0.4, -0.2) is 44.7 Å². The average Bonchev–Trinajstić information content (AvgIpc) is 2.52. The number of carboxylic acid groups (broad SMARTS) is 1. The zero-order valence-corrected chi connectivity index (χ0v) is 14.4. The quantitative estimate of drug-likeness (QED) is 0.273. The summed E-state index contributed by atoms with van der Waals surface area (Å²) in [6.07, 6.45) is 9.60. The molecule has 0 spiro atoms. The van der Waals surface area contributed by atoms with Gasteiger partial charge in [0.25, 0.3) is 0 Å². The van der Waals surface area contributed by atoms with Gasteiger partial charge in [0.2, 0.25) is 0 Å². The van der Waals surface area contributed by atoms with Crippen molar-refractivity contribution < 1.29 is 25.2 Å². The molecule has 0 aromatic carbocycles. The van der Waals surface area contributed by atoms with Crippen molar-refractivity contribution in [3.8, 4) is 0 Å². The zero-order valence-electron chi connectivity index (χ0n) is 14.4. The van der Waals surface area contributed by atoms with E-state index in [0.29, 0.717) is 25.7 Å². The monoisotopic (exact) mass is 330 g/mol. The van der Waals surface area contributed by atoms with E-state index in [0.717, 1.165) is 12.8 Å². The zero-order chi connectivity index (χ0) is 17.5. The van der Waals surface area contributed by atoms with Gasteiger partial charge in [0.15, 0.2) is 0 Å². The minimum Gasteiger partial charge on any atom is -0.481 e. The number of rotatable bonds is 15. The Kier molecular flexibility index (Phi) is 14.1. The fourth-order valence-corrected chi connectivity index (χ4v) is 2.40. The smallest absolute Gasteiger partial charge is 0.303 e. The number of hydrogen-bond donors (Lipinski definition) is 4. The van der Waals surface area contributed by atoms with Crippen LogP contribution in [-0.2, 0) is 4.79 Å². The summed E-state index contributed by atoms with van der Waals surface area (Å²) in [6.45, 7) is 2.18. The van der Waals surface area contributed by atoms with Gasteiger partial charge in [-0.3, -0.25) is 4.79 Å².